The summed E-state index contributed by atoms with van der Waals surface area (Å²) in [4.78, 5) is 48.5. The summed E-state index contributed by atoms with van der Waals surface area (Å²) in [5.74, 6) is -5.77. The SMILES string of the molecule is N[C@@H](CCC(=O)N[C@@H](CS(=O)(=O)Cc1ccc2ccccc2c1)C(=O)N[C@@H](C(=O)O)c1ccccc1)C(=O)O. The number of carbonyl (C=O) groups is 4. The minimum Gasteiger partial charge on any atom is -0.480 e. The van der Waals surface area contributed by atoms with Crippen LogP contribution >= 0.6 is 0 Å². The first-order valence-corrected chi connectivity index (χ1v) is 13.8. The second-order valence-electron chi connectivity index (χ2n) is 9.03. The van der Waals surface area contributed by atoms with Crippen molar-refractivity contribution < 1.29 is 37.8 Å². The number of benzene rings is 3. The van der Waals surface area contributed by atoms with Crippen LogP contribution in [0.2, 0.25) is 0 Å². The molecule has 0 bridgehead atoms. The van der Waals surface area contributed by atoms with Gasteiger partial charge in [-0.2, -0.15) is 0 Å². The summed E-state index contributed by atoms with van der Waals surface area (Å²) in [5, 5.41) is 24.9. The summed E-state index contributed by atoms with van der Waals surface area (Å²) in [6.07, 6.45) is -0.635. The third kappa shape index (κ3) is 8.62. The Balaban J connectivity index is 1.81. The van der Waals surface area contributed by atoms with Gasteiger partial charge < -0.3 is 26.6 Å². The highest BCUT2D eigenvalue weighted by Gasteiger charge is 2.31. The molecule has 3 atom stereocenters. The number of nitrogens with one attached hydrogen (secondary N) is 2. The Morgan fingerprint density at radius 1 is 0.821 bits per heavy atom. The topological polar surface area (TPSA) is 193 Å². The molecule has 0 fully saturated rings. The molecule has 0 radical (unpaired) electrons. The fourth-order valence-corrected chi connectivity index (χ4v) is 5.48. The molecule has 6 N–H and O–H groups in total. The van der Waals surface area contributed by atoms with Crippen molar-refractivity contribution in [3.8, 4) is 0 Å². The Kier molecular flexibility index (Phi) is 9.74. The summed E-state index contributed by atoms with van der Waals surface area (Å²) < 4.78 is 26.3. The Hall–Kier alpha value is -4.29. The Labute approximate surface area is 224 Å². The number of amides is 2. The van der Waals surface area contributed by atoms with Crippen molar-refractivity contribution in [3.05, 3.63) is 83.9 Å². The minimum absolute atomic E-state index is 0.245. The van der Waals surface area contributed by atoms with Crippen LogP contribution in [-0.2, 0) is 34.8 Å². The van der Waals surface area contributed by atoms with Gasteiger partial charge in [0, 0.05) is 6.42 Å². The van der Waals surface area contributed by atoms with Crippen molar-refractivity contribution >= 4 is 44.4 Å². The van der Waals surface area contributed by atoms with E-state index in [1.54, 1.807) is 36.4 Å². The summed E-state index contributed by atoms with van der Waals surface area (Å²) in [7, 11) is -4.00. The fourth-order valence-electron chi connectivity index (χ4n) is 3.93. The standard InChI is InChI=1S/C27H29N3O8S/c28-21(26(33)34)12-13-23(31)29-22(25(32)30-24(27(35)36)19-7-2-1-3-8-19)16-39(37,38)15-17-10-11-18-6-4-5-9-20(18)14-17/h1-11,14,21-22,24H,12-13,15-16,28H2,(H,29,31)(H,30,32)(H,33,34)(H,35,36)/t21-,22-,24+/m0/s1. The predicted molar refractivity (Wildman–Crippen MR) is 143 cm³/mol. The van der Waals surface area contributed by atoms with Gasteiger partial charge in [0.15, 0.2) is 15.9 Å². The van der Waals surface area contributed by atoms with Gasteiger partial charge >= 0.3 is 11.9 Å². The van der Waals surface area contributed by atoms with Crippen LogP contribution in [0.15, 0.2) is 72.8 Å². The maximum absolute atomic E-state index is 13.1. The van der Waals surface area contributed by atoms with E-state index in [9.17, 15) is 32.7 Å². The molecule has 3 aromatic rings. The quantitative estimate of drug-likeness (QED) is 0.207. The van der Waals surface area contributed by atoms with Gasteiger partial charge in [0.05, 0.1) is 11.5 Å². The second-order valence-corrected chi connectivity index (χ2v) is 11.1. The molecule has 0 aliphatic carbocycles. The van der Waals surface area contributed by atoms with Gasteiger partial charge in [0.2, 0.25) is 11.8 Å². The van der Waals surface area contributed by atoms with Gasteiger partial charge in [0.1, 0.15) is 12.1 Å². The lowest BCUT2D eigenvalue weighted by Crippen LogP contribution is -2.52. The number of sulfone groups is 1. The van der Waals surface area contributed by atoms with Crippen LogP contribution < -0.4 is 16.4 Å². The summed E-state index contributed by atoms with van der Waals surface area (Å²) in [5.41, 5.74) is 6.14. The van der Waals surface area contributed by atoms with Gasteiger partial charge in [-0.3, -0.25) is 14.4 Å². The van der Waals surface area contributed by atoms with Crippen LogP contribution in [0.4, 0.5) is 0 Å². The van der Waals surface area contributed by atoms with Crippen molar-refractivity contribution in [1.29, 1.82) is 0 Å². The van der Waals surface area contributed by atoms with Gasteiger partial charge in [-0.1, -0.05) is 72.8 Å². The van der Waals surface area contributed by atoms with Crippen LogP contribution in [-0.4, -0.2) is 60.2 Å². The predicted octanol–water partition coefficient (Wildman–Crippen LogP) is 1.37. The number of carboxylic acids is 2. The zero-order chi connectivity index (χ0) is 28.6. The highest BCUT2D eigenvalue weighted by molar-refractivity contribution is 7.90. The van der Waals surface area contributed by atoms with E-state index in [-0.39, 0.29) is 18.4 Å². The number of carboxylic acid groups (broad SMARTS) is 2. The zero-order valence-electron chi connectivity index (χ0n) is 20.8. The highest BCUT2D eigenvalue weighted by Crippen LogP contribution is 2.18. The Bertz CT molecular complexity index is 1460. The van der Waals surface area contributed by atoms with Crippen molar-refractivity contribution in [2.75, 3.05) is 5.75 Å². The number of nitrogens with two attached hydrogens (primary N) is 1. The summed E-state index contributed by atoms with van der Waals surface area (Å²) >= 11 is 0. The van der Waals surface area contributed by atoms with E-state index in [2.05, 4.69) is 10.6 Å². The molecule has 3 rings (SSSR count). The molecule has 0 heterocycles. The Morgan fingerprint density at radius 3 is 2.10 bits per heavy atom. The van der Waals surface area contributed by atoms with E-state index in [1.807, 2.05) is 24.3 Å². The number of hydrogen-bond acceptors (Lipinski definition) is 7. The molecule has 0 aliphatic heterocycles. The van der Waals surface area contributed by atoms with Gasteiger partial charge in [0.25, 0.3) is 0 Å². The molecule has 11 nitrogen and oxygen atoms in total. The molecule has 3 aromatic carbocycles. The van der Waals surface area contributed by atoms with Crippen LogP contribution in [0.5, 0.6) is 0 Å². The lowest BCUT2D eigenvalue weighted by atomic mass is 10.1. The van der Waals surface area contributed by atoms with Gasteiger partial charge in [-0.15, -0.1) is 0 Å². The molecule has 0 aliphatic rings. The zero-order valence-corrected chi connectivity index (χ0v) is 21.6. The first-order valence-electron chi connectivity index (χ1n) is 12.0. The lowest BCUT2D eigenvalue weighted by Gasteiger charge is -2.22. The maximum atomic E-state index is 13.1. The molecule has 39 heavy (non-hydrogen) atoms. The highest BCUT2D eigenvalue weighted by atomic mass is 32.2. The second kappa shape index (κ2) is 13.0. The number of rotatable bonds is 13. The molecule has 12 heteroatoms. The van der Waals surface area contributed by atoms with Crippen LogP contribution in [0.1, 0.15) is 30.0 Å². The molecular weight excluding hydrogens is 526 g/mol. The number of aliphatic carboxylic acids is 2. The van der Waals surface area contributed by atoms with Crippen LogP contribution in [0.3, 0.4) is 0 Å². The summed E-state index contributed by atoms with van der Waals surface area (Å²) in [6, 6.07) is 15.8. The first-order chi connectivity index (χ1) is 18.4. The number of hydrogen-bond donors (Lipinski definition) is 5. The molecule has 206 valence electrons. The van der Waals surface area contributed by atoms with E-state index in [1.165, 1.54) is 12.1 Å². The Morgan fingerprint density at radius 2 is 1.46 bits per heavy atom. The molecule has 0 spiro atoms. The van der Waals surface area contributed by atoms with E-state index in [0.717, 1.165) is 10.8 Å². The molecule has 0 aromatic heterocycles. The smallest absolute Gasteiger partial charge is 0.330 e. The molecular formula is C27H29N3O8S. The molecule has 2 amide bonds. The maximum Gasteiger partial charge on any atom is 0.330 e. The number of carbonyl (C=O) groups excluding carboxylic acids is 2. The van der Waals surface area contributed by atoms with Crippen LogP contribution in [0, 0.1) is 0 Å². The molecule has 0 saturated carbocycles. The van der Waals surface area contributed by atoms with E-state index >= 15 is 0 Å². The summed E-state index contributed by atoms with van der Waals surface area (Å²) in [6.45, 7) is 0. The largest absolute Gasteiger partial charge is 0.480 e. The van der Waals surface area contributed by atoms with Crippen LogP contribution in [0.25, 0.3) is 10.8 Å². The van der Waals surface area contributed by atoms with Crippen molar-refractivity contribution in [3.63, 3.8) is 0 Å². The van der Waals surface area contributed by atoms with E-state index < -0.39 is 63.2 Å². The number of fused-ring (bicyclic) bond motifs is 1. The normalized spacial score (nSPS) is 13.7. The fraction of sp³-hybridized carbons (Fsp3) is 0.259. The average molecular weight is 556 g/mol. The van der Waals surface area contributed by atoms with E-state index in [4.69, 9.17) is 10.8 Å². The van der Waals surface area contributed by atoms with Crippen molar-refractivity contribution in [1.82, 2.24) is 10.6 Å². The third-order valence-corrected chi connectivity index (χ3v) is 7.55. The third-order valence-electron chi connectivity index (χ3n) is 5.94. The average Bonchev–Trinajstić information content (AvgIpc) is 2.89. The minimum atomic E-state index is -4.00. The monoisotopic (exact) mass is 555 g/mol. The van der Waals surface area contributed by atoms with Crippen molar-refractivity contribution in [2.45, 2.75) is 36.7 Å². The van der Waals surface area contributed by atoms with Gasteiger partial charge in [-0.25, -0.2) is 13.2 Å². The van der Waals surface area contributed by atoms with Gasteiger partial charge in [-0.05, 0) is 28.3 Å². The molecule has 0 saturated heterocycles. The lowest BCUT2D eigenvalue weighted by molar-refractivity contribution is -0.142. The van der Waals surface area contributed by atoms with Crippen molar-refractivity contribution in [2.24, 2.45) is 5.73 Å². The first kappa shape index (κ1) is 29.3. The molecule has 0 unspecified atom stereocenters. The van der Waals surface area contributed by atoms with E-state index in [0.29, 0.717) is 5.56 Å².